The maximum Gasteiger partial charge on any atom is 0.246 e. The van der Waals surface area contributed by atoms with Crippen LogP contribution in [-0.2, 0) is 14.8 Å². The molecule has 106 valence electrons. The van der Waals surface area contributed by atoms with Gasteiger partial charge in [-0.1, -0.05) is 0 Å². The SMILES string of the molecule is CCNc1ccncc1S(=O)(=O)N1CCC(OC)C1. The summed E-state index contributed by atoms with van der Waals surface area (Å²) in [5, 5.41) is 3.05. The van der Waals surface area contributed by atoms with E-state index in [1.807, 2.05) is 6.92 Å². The van der Waals surface area contributed by atoms with Gasteiger partial charge < -0.3 is 10.1 Å². The van der Waals surface area contributed by atoms with Gasteiger partial charge in [-0.15, -0.1) is 0 Å². The van der Waals surface area contributed by atoms with Gasteiger partial charge in [-0.05, 0) is 19.4 Å². The van der Waals surface area contributed by atoms with Gasteiger partial charge in [0.05, 0.1) is 11.8 Å². The molecule has 2 rings (SSSR count). The van der Waals surface area contributed by atoms with Crippen LogP contribution in [0, 0.1) is 0 Å². The maximum atomic E-state index is 12.6. The Bertz CT molecular complexity index is 533. The van der Waals surface area contributed by atoms with E-state index < -0.39 is 10.0 Å². The molecular weight excluding hydrogens is 266 g/mol. The van der Waals surface area contributed by atoms with Crippen molar-refractivity contribution < 1.29 is 13.2 Å². The van der Waals surface area contributed by atoms with Crippen LogP contribution in [0.5, 0.6) is 0 Å². The van der Waals surface area contributed by atoms with Gasteiger partial charge in [0.2, 0.25) is 10.0 Å². The van der Waals surface area contributed by atoms with Crippen molar-refractivity contribution >= 4 is 15.7 Å². The van der Waals surface area contributed by atoms with Crippen molar-refractivity contribution in [2.45, 2.75) is 24.3 Å². The first-order valence-corrected chi connectivity index (χ1v) is 7.74. The molecule has 0 spiro atoms. The Kier molecular flexibility index (Phi) is 4.38. The number of hydrogen-bond donors (Lipinski definition) is 1. The van der Waals surface area contributed by atoms with Crippen molar-refractivity contribution in [1.82, 2.24) is 9.29 Å². The molecule has 1 aromatic rings. The Morgan fingerprint density at radius 2 is 2.37 bits per heavy atom. The van der Waals surface area contributed by atoms with Crippen molar-refractivity contribution in [3.63, 3.8) is 0 Å². The first kappa shape index (κ1) is 14.2. The van der Waals surface area contributed by atoms with Crippen LogP contribution in [0.25, 0.3) is 0 Å². The fourth-order valence-electron chi connectivity index (χ4n) is 2.17. The summed E-state index contributed by atoms with van der Waals surface area (Å²) in [6, 6.07) is 1.68. The summed E-state index contributed by atoms with van der Waals surface area (Å²) in [4.78, 5) is 4.16. The van der Waals surface area contributed by atoms with Gasteiger partial charge in [0, 0.05) is 39.1 Å². The fourth-order valence-corrected chi connectivity index (χ4v) is 3.77. The maximum absolute atomic E-state index is 12.6. The molecule has 0 bridgehead atoms. The average Bonchev–Trinajstić information content (AvgIpc) is 2.89. The first-order valence-electron chi connectivity index (χ1n) is 6.30. The van der Waals surface area contributed by atoms with Crippen LogP contribution in [0.1, 0.15) is 13.3 Å². The van der Waals surface area contributed by atoms with Gasteiger partial charge in [0.15, 0.2) is 0 Å². The van der Waals surface area contributed by atoms with Gasteiger partial charge >= 0.3 is 0 Å². The second-order valence-electron chi connectivity index (χ2n) is 4.41. The molecule has 1 saturated heterocycles. The van der Waals surface area contributed by atoms with Gasteiger partial charge in [-0.2, -0.15) is 4.31 Å². The van der Waals surface area contributed by atoms with Crippen LogP contribution in [0.15, 0.2) is 23.4 Å². The highest BCUT2D eigenvalue weighted by Gasteiger charge is 2.34. The minimum absolute atomic E-state index is 0.0194. The Morgan fingerprint density at radius 3 is 3.00 bits per heavy atom. The second-order valence-corrected chi connectivity index (χ2v) is 6.32. The van der Waals surface area contributed by atoms with Gasteiger partial charge in [-0.25, -0.2) is 8.42 Å². The lowest BCUT2D eigenvalue weighted by atomic mass is 10.3. The van der Waals surface area contributed by atoms with E-state index in [1.54, 1.807) is 19.4 Å². The Labute approximate surface area is 113 Å². The lowest BCUT2D eigenvalue weighted by Gasteiger charge is -2.18. The summed E-state index contributed by atoms with van der Waals surface area (Å²) < 4.78 is 31.8. The number of pyridine rings is 1. The lowest BCUT2D eigenvalue weighted by molar-refractivity contribution is 0.115. The molecule has 0 saturated carbocycles. The molecule has 1 unspecified atom stereocenters. The third kappa shape index (κ3) is 2.88. The molecule has 1 fully saturated rings. The zero-order valence-electron chi connectivity index (χ0n) is 11.2. The summed E-state index contributed by atoms with van der Waals surface area (Å²) in [6.45, 7) is 3.47. The predicted octanol–water partition coefficient (Wildman–Crippen LogP) is 0.923. The Balaban J connectivity index is 2.30. The van der Waals surface area contributed by atoms with Gasteiger partial charge in [0.25, 0.3) is 0 Å². The van der Waals surface area contributed by atoms with E-state index in [-0.39, 0.29) is 11.0 Å². The lowest BCUT2D eigenvalue weighted by Crippen LogP contribution is -2.30. The molecule has 1 atom stereocenters. The van der Waals surface area contributed by atoms with Crippen molar-refractivity contribution in [1.29, 1.82) is 0 Å². The number of aromatic nitrogens is 1. The molecule has 1 aliphatic heterocycles. The van der Waals surface area contributed by atoms with Gasteiger partial charge in [0.1, 0.15) is 4.90 Å². The standard InChI is InChI=1S/C12H19N3O3S/c1-3-14-11-4-6-13-8-12(11)19(16,17)15-7-5-10(9-15)18-2/h4,6,8,10H,3,5,7,9H2,1-2H3,(H,13,14). The van der Waals surface area contributed by atoms with E-state index in [0.29, 0.717) is 25.3 Å². The molecule has 0 radical (unpaired) electrons. The van der Waals surface area contributed by atoms with E-state index in [2.05, 4.69) is 10.3 Å². The predicted molar refractivity (Wildman–Crippen MR) is 72.6 cm³/mol. The van der Waals surface area contributed by atoms with Crippen molar-refractivity contribution in [2.75, 3.05) is 32.1 Å². The number of rotatable bonds is 5. The highest BCUT2D eigenvalue weighted by atomic mass is 32.2. The largest absolute Gasteiger partial charge is 0.384 e. The second kappa shape index (κ2) is 5.85. The molecule has 0 aliphatic carbocycles. The molecule has 0 aromatic carbocycles. The summed E-state index contributed by atoms with van der Waals surface area (Å²) >= 11 is 0. The topological polar surface area (TPSA) is 71.5 Å². The van der Waals surface area contributed by atoms with Crippen molar-refractivity contribution in [3.8, 4) is 0 Å². The number of ether oxygens (including phenoxy) is 1. The van der Waals surface area contributed by atoms with Crippen LogP contribution in [0.2, 0.25) is 0 Å². The number of nitrogens with zero attached hydrogens (tertiary/aromatic N) is 2. The summed E-state index contributed by atoms with van der Waals surface area (Å²) in [5.74, 6) is 0. The van der Waals surface area contributed by atoms with E-state index in [1.165, 1.54) is 10.5 Å². The van der Waals surface area contributed by atoms with Gasteiger partial charge in [-0.3, -0.25) is 4.98 Å². The molecule has 7 heteroatoms. The highest BCUT2D eigenvalue weighted by Crippen LogP contribution is 2.26. The van der Waals surface area contributed by atoms with E-state index in [9.17, 15) is 8.42 Å². The van der Waals surface area contributed by atoms with Crippen LogP contribution in [0.3, 0.4) is 0 Å². The molecule has 0 amide bonds. The van der Waals surface area contributed by atoms with Crippen LogP contribution in [-0.4, -0.2) is 50.6 Å². The molecule has 1 aromatic heterocycles. The molecule has 2 heterocycles. The van der Waals surface area contributed by atoms with Crippen molar-refractivity contribution in [3.05, 3.63) is 18.5 Å². The number of sulfonamides is 1. The van der Waals surface area contributed by atoms with E-state index in [0.717, 1.165) is 6.42 Å². The number of anilines is 1. The zero-order chi connectivity index (χ0) is 13.9. The highest BCUT2D eigenvalue weighted by molar-refractivity contribution is 7.89. The summed E-state index contributed by atoms with van der Waals surface area (Å²) in [5.41, 5.74) is 0.596. The van der Waals surface area contributed by atoms with Crippen LogP contribution >= 0.6 is 0 Å². The smallest absolute Gasteiger partial charge is 0.246 e. The summed E-state index contributed by atoms with van der Waals surface area (Å²) in [6.07, 6.45) is 3.69. The minimum Gasteiger partial charge on any atom is -0.384 e. The monoisotopic (exact) mass is 285 g/mol. The average molecular weight is 285 g/mol. The molecular formula is C12H19N3O3S. The number of methoxy groups -OCH3 is 1. The van der Waals surface area contributed by atoms with E-state index >= 15 is 0 Å². The number of nitrogens with one attached hydrogen (secondary N) is 1. The third-order valence-corrected chi connectivity index (χ3v) is 5.10. The fraction of sp³-hybridized carbons (Fsp3) is 0.583. The normalized spacial score (nSPS) is 20.6. The van der Waals surface area contributed by atoms with Crippen LogP contribution < -0.4 is 5.32 Å². The quantitative estimate of drug-likeness (QED) is 0.871. The molecule has 1 aliphatic rings. The van der Waals surface area contributed by atoms with E-state index in [4.69, 9.17) is 4.74 Å². The Hall–Kier alpha value is -1.18. The summed E-state index contributed by atoms with van der Waals surface area (Å²) in [7, 11) is -1.90. The molecule has 6 nitrogen and oxygen atoms in total. The zero-order valence-corrected chi connectivity index (χ0v) is 12.0. The van der Waals surface area contributed by atoms with Crippen molar-refractivity contribution in [2.24, 2.45) is 0 Å². The third-order valence-electron chi connectivity index (χ3n) is 3.21. The Morgan fingerprint density at radius 1 is 1.58 bits per heavy atom. The first-order chi connectivity index (χ1) is 9.09. The van der Waals surface area contributed by atoms with Crippen LogP contribution in [0.4, 0.5) is 5.69 Å². The minimum atomic E-state index is -3.51. The molecule has 19 heavy (non-hydrogen) atoms. The molecule has 1 N–H and O–H groups in total. The number of hydrogen-bond acceptors (Lipinski definition) is 5.